The lowest BCUT2D eigenvalue weighted by atomic mass is 9.75. The molecule has 0 spiro atoms. The summed E-state index contributed by atoms with van der Waals surface area (Å²) >= 11 is 0. The lowest BCUT2D eigenvalue weighted by molar-refractivity contribution is -0.159. The van der Waals surface area contributed by atoms with E-state index in [1.165, 1.54) is 32.1 Å². The van der Waals surface area contributed by atoms with Crippen LogP contribution in [-0.2, 0) is 9.53 Å². The summed E-state index contributed by atoms with van der Waals surface area (Å²) in [5.41, 5.74) is 6.19. The number of hydrogen-bond acceptors (Lipinski definition) is 3. The van der Waals surface area contributed by atoms with Gasteiger partial charge >= 0.3 is 5.97 Å². The molecule has 0 unspecified atom stereocenters. The minimum atomic E-state index is -0.407. The zero-order chi connectivity index (χ0) is 15.4. The predicted molar refractivity (Wildman–Crippen MR) is 85.8 cm³/mol. The molecule has 122 valence electrons. The van der Waals surface area contributed by atoms with Crippen molar-refractivity contribution >= 4 is 5.97 Å². The molecule has 2 aliphatic rings. The predicted octanol–water partition coefficient (Wildman–Crippen LogP) is 3.90. The van der Waals surface area contributed by atoms with Gasteiger partial charge in [0, 0.05) is 0 Å². The summed E-state index contributed by atoms with van der Waals surface area (Å²) in [7, 11) is 0. The highest BCUT2D eigenvalue weighted by atomic mass is 16.5. The maximum atomic E-state index is 12.4. The van der Waals surface area contributed by atoms with Crippen LogP contribution >= 0.6 is 0 Å². The number of rotatable bonds is 4. The van der Waals surface area contributed by atoms with Gasteiger partial charge in [0.25, 0.3) is 0 Å². The second kappa shape index (κ2) is 7.62. The van der Waals surface area contributed by atoms with Crippen LogP contribution in [0.2, 0.25) is 0 Å². The van der Waals surface area contributed by atoms with Crippen LogP contribution in [0.5, 0.6) is 0 Å². The lowest BCUT2D eigenvalue weighted by Gasteiger charge is -2.37. The normalized spacial score (nSPS) is 32.9. The van der Waals surface area contributed by atoms with E-state index in [0.29, 0.717) is 23.7 Å². The van der Waals surface area contributed by atoms with E-state index < -0.39 is 6.04 Å². The Kier molecular flexibility index (Phi) is 6.09. The van der Waals surface area contributed by atoms with E-state index in [1.54, 1.807) is 0 Å². The number of esters is 1. The maximum absolute atomic E-state index is 12.4. The van der Waals surface area contributed by atoms with Gasteiger partial charge in [0.15, 0.2) is 0 Å². The van der Waals surface area contributed by atoms with Crippen molar-refractivity contribution in [2.24, 2.45) is 29.4 Å². The van der Waals surface area contributed by atoms with Crippen LogP contribution in [0.25, 0.3) is 0 Å². The number of nitrogens with two attached hydrogens (primary N) is 1. The zero-order valence-electron chi connectivity index (χ0n) is 14.0. The van der Waals surface area contributed by atoms with Crippen LogP contribution < -0.4 is 5.73 Å². The minimum Gasteiger partial charge on any atom is -0.461 e. The smallest absolute Gasteiger partial charge is 0.323 e. The van der Waals surface area contributed by atoms with Crippen LogP contribution in [0.15, 0.2) is 0 Å². The Hall–Kier alpha value is -0.570. The van der Waals surface area contributed by atoms with Crippen molar-refractivity contribution in [3.8, 4) is 0 Å². The largest absolute Gasteiger partial charge is 0.461 e. The fourth-order valence-electron chi connectivity index (χ4n) is 4.16. The van der Waals surface area contributed by atoms with Crippen molar-refractivity contribution in [1.29, 1.82) is 0 Å². The standard InChI is InChI=1S/C18H33NO2/c1-12(2)15-10-9-13(3)11-16(15)21-18(20)17(19)14-7-5-4-6-8-14/h12-17H,4-11,19H2,1-3H3/t13-,15+,16-,17-/m0/s1. The van der Waals surface area contributed by atoms with Gasteiger partial charge in [0.05, 0.1) is 0 Å². The molecule has 21 heavy (non-hydrogen) atoms. The van der Waals surface area contributed by atoms with Gasteiger partial charge in [-0.15, -0.1) is 0 Å². The molecule has 2 fully saturated rings. The molecule has 0 heterocycles. The fraction of sp³-hybridized carbons (Fsp3) is 0.944. The van der Waals surface area contributed by atoms with E-state index >= 15 is 0 Å². The summed E-state index contributed by atoms with van der Waals surface area (Å²) in [6, 6.07) is -0.407. The molecule has 4 atom stereocenters. The Morgan fingerprint density at radius 3 is 2.38 bits per heavy atom. The first-order chi connectivity index (χ1) is 9.99. The number of hydrogen-bond donors (Lipinski definition) is 1. The summed E-state index contributed by atoms with van der Waals surface area (Å²) in [5, 5.41) is 0. The average Bonchev–Trinajstić information content (AvgIpc) is 2.47. The molecule has 0 bridgehead atoms. The Morgan fingerprint density at radius 1 is 1.10 bits per heavy atom. The van der Waals surface area contributed by atoms with E-state index in [4.69, 9.17) is 10.5 Å². The first kappa shape index (κ1) is 16.8. The number of ether oxygens (including phenoxy) is 1. The Labute approximate surface area is 130 Å². The molecule has 2 N–H and O–H groups in total. The molecule has 3 heteroatoms. The van der Waals surface area contributed by atoms with Gasteiger partial charge in [-0.25, -0.2) is 0 Å². The van der Waals surface area contributed by atoms with Gasteiger partial charge in [-0.3, -0.25) is 4.79 Å². The summed E-state index contributed by atoms with van der Waals surface area (Å²) in [4.78, 5) is 12.4. The highest BCUT2D eigenvalue weighted by Crippen LogP contribution is 2.36. The molecule has 2 saturated carbocycles. The van der Waals surface area contributed by atoms with Gasteiger partial charge < -0.3 is 10.5 Å². The highest BCUT2D eigenvalue weighted by Gasteiger charge is 2.36. The van der Waals surface area contributed by atoms with Gasteiger partial charge in [0.2, 0.25) is 0 Å². The van der Waals surface area contributed by atoms with Crippen LogP contribution in [0.1, 0.15) is 72.1 Å². The Morgan fingerprint density at radius 2 is 1.76 bits per heavy atom. The van der Waals surface area contributed by atoms with Gasteiger partial charge in [-0.05, 0) is 49.4 Å². The zero-order valence-corrected chi connectivity index (χ0v) is 14.0. The fourth-order valence-corrected chi connectivity index (χ4v) is 4.16. The van der Waals surface area contributed by atoms with Crippen molar-refractivity contribution in [3.05, 3.63) is 0 Å². The molecule has 2 rings (SSSR count). The monoisotopic (exact) mass is 295 g/mol. The quantitative estimate of drug-likeness (QED) is 0.800. The molecule has 0 radical (unpaired) electrons. The molecule has 0 aliphatic heterocycles. The third-order valence-electron chi connectivity index (χ3n) is 5.66. The van der Waals surface area contributed by atoms with Crippen molar-refractivity contribution in [1.82, 2.24) is 0 Å². The van der Waals surface area contributed by atoms with E-state index in [9.17, 15) is 4.79 Å². The van der Waals surface area contributed by atoms with Crippen LogP contribution in [-0.4, -0.2) is 18.1 Å². The molecular formula is C18H33NO2. The van der Waals surface area contributed by atoms with Crippen LogP contribution in [0.3, 0.4) is 0 Å². The molecule has 0 aromatic rings. The van der Waals surface area contributed by atoms with Crippen molar-refractivity contribution in [2.45, 2.75) is 84.3 Å². The summed E-state index contributed by atoms with van der Waals surface area (Å²) in [6.07, 6.45) is 9.40. The summed E-state index contributed by atoms with van der Waals surface area (Å²) in [5.74, 6) is 1.92. The number of carbonyl (C=O) groups excluding carboxylic acids is 1. The molecule has 2 aliphatic carbocycles. The van der Waals surface area contributed by atoms with Crippen LogP contribution in [0, 0.1) is 23.7 Å². The van der Waals surface area contributed by atoms with E-state index in [1.807, 2.05) is 0 Å². The van der Waals surface area contributed by atoms with Crippen molar-refractivity contribution in [3.63, 3.8) is 0 Å². The molecular weight excluding hydrogens is 262 g/mol. The minimum absolute atomic E-state index is 0.0795. The summed E-state index contributed by atoms with van der Waals surface area (Å²) in [6.45, 7) is 6.74. The SMILES string of the molecule is CC(C)[C@H]1CC[C@H](C)C[C@@H]1OC(=O)[C@@H](N)C1CCCCC1. The van der Waals surface area contributed by atoms with E-state index in [-0.39, 0.29) is 12.1 Å². The molecule has 0 saturated heterocycles. The topological polar surface area (TPSA) is 52.3 Å². The Balaban J connectivity index is 1.92. The lowest BCUT2D eigenvalue weighted by Crippen LogP contribution is -2.44. The van der Waals surface area contributed by atoms with E-state index in [0.717, 1.165) is 19.3 Å². The second-order valence-electron chi connectivity index (χ2n) is 7.73. The molecule has 3 nitrogen and oxygen atoms in total. The van der Waals surface area contributed by atoms with Gasteiger partial charge in [0.1, 0.15) is 12.1 Å². The summed E-state index contributed by atoms with van der Waals surface area (Å²) < 4.78 is 5.89. The number of carbonyl (C=O) groups is 1. The highest BCUT2D eigenvalue weighted by molar-refractivity contribution is 5.76. The first-order valence-corrected chi connectivity index (χ1v) is 8.95. The van der Waals surface area contributed by atoms with Crippen molar-refractivity contribution in [2.75, 3.05) is 0 Å². The molecule has 0 aromatic heterocycles. The van der Waals surface area contributed by atoms with Crippen LogP contribution in [0.4, 0.5) is 0 Å². The van der Waals surface area contributed by atoms with Crippen molar-refractivity contribution < 1.29 is 9.53 Å². The third-order valence-corrected chi connectivity index (χ3v) is 5.66. The average molecular weight is 295 g/mol. The second-order valence-corrected chi connectivity index (χ2v) is 7.73. The van der Waals surface area contributed by atoms with Gasteiger partial charge in [-0.2, -0.15) is 0 Å². The Bertz CT molecular complexity index is 336. The first-order valence-electron chi connectivity index (χ1n) is 8.95. The van der Waals surface area contributed by atoms with Gasteiger partial charge in [-0.1, -0.05) is 46.5 Å². The maximum Gasteiger partial charge on any atom is 0.323 e. The third kappa shape index (κ3) is 4.45. The molecule has 0 amide bonds. The molecule has 0 aromatic carbocycles. The van der Waals surface area contributed by atoms with E-state index in [2.05, 4.69) is 20.8 Å².